The molecule has 4 nitrogen and oxygen atoms in total. The Labute approximate surface area is 80.3 Å². The van der Waals surface area contributed by atoms with Gasteiger partial charge in [0, 0.05) is 12.5 Å². The molecule has 1 aliphatic heterocycles. The lowest BCUT2D eigenvalue weighted by atomic mass is 10.1. The van der Waals surface area contributed by atoms with E-state index in [1.165, 1.54) is 0 Å². The molecule has 13 heavy (non-hydrogen) atoms. The van der Waals surface area contributed by atoms with Crippen LogP contribution in [0.1, 0.15) is 18.0 Å². The van der Waals surface area contributed by atoms with Crippen LogP contribution in [0.4, 0.5) is 0 Å². The van der Waals surface area contributed by atoms with Crippen molar-refractivity contribution >= 4 is 11.6 Å². The second kappa shape index (κ2) is 3.47. The molecule has 0 amide bonds. The standard InChI is InChI=1S/C8H10ClN3O/c9-6-3-7(11-12-8(6)13)5-1-2-10-4-5/h3,5,10H,1-2,4H2,(H,12,13). The Bertz CT molecular complexity index is 357. The van der Waals surface area contributed by atoms with Crippen LogP contribution >= 0.6 is 11.6 Å². The minimum absolute atomic E-state index is 0.219. The van der Waals surface area contributed by atoms with E-state index in [0.717, 1.165) is 25.2 Å². The fourth-order valence-corrected chi connectivity index (χ4v) is 1.67. The Morgan fingerprint density at radius 1 is 1.62 bits per heavy atom. The lowest BCUT2D eigenvalue weighted by molar-refractivity contribution is 0.710. The Balaban J connectivity index is 2.30. The monoisotopic (exact) mass is 199 g/mol. The molecule has 1 aromatic heterocycles. The van der Waals surface area contributed by atoms with Gasteiger partial charge in [0.1, 0.15) is 5.02 Å². The number of nitrogens with zero attached hydrogens (tertiary/aromatic N) is 1. The summed E-state index contributed by atoms with van der Waals surface area (Å²) in [7, 11) is 0. The molecule has 1 unspecified atom stereocenters. The van der Waals surface area contributed by atoms with Crippen LogP contribution in [-0.4, -0.2) is 23.3 Å². The van der Waals surface area contributed by atoms with Crippen molar-refractivity contribution in [3.05, 3.63) is 27.1 Å². The molecule has 0 saturated carbocycles. The predicted molar refractivity (Wildman–Crippen MR) is 50.1 cm³/mol. The van der Waals surface area contributed by atoms with Crippen LogP contribution in [0.3, 0.4) is 0 Å². The van der Waals surface area contributed by atoms with Crippen LogP contribution in [0.2, 0.25) is 5.02 Å². The maximum absolute atomic E-state index is 10.9. The molecule has 2 N–H and O–H groups in total. The van der Waals surface area contributed by atoms with Crippen molar-refractivity contribution < 1.29 is 0 Å². The fraction of sp³-hybridized carbons (Fsp3) is 0.500. The summed E-state index contributed by atoms with van der Waals surface area (Å²) in [5.74, 6) is 0.384. The second-order valence-electron chi connectivity index (χ2n) is 3.16. The normalized spacial score (nSPS) is 22.1. The van der Waals surface area contributed by atoms with Gasteiger partial charge in [0.2, 0.25) is 0 Å². The van der Waals surface area contributed by atoms with Crippen LogP contribution in [-0.2, 0) is 0 Å². The summed E-state index contributed by atoms with van der Waals surface area (Å²) in [6.45, 7) is 1.92. The van der Waals surface area contributed by atoms with E-state index in [4.69, 9.17) is 11.6 Å². The average Bonchev–Trinajstić information content (AvgIpc) is 2.62. The first-order valence-electron chi connectivity index (χ1n) is 4.23. The molecule has 2 heterocycles. The number of hydrogen-bond acceptors (Lipinski definition) is 3. The first-order chi connectivity index (χ1) is 6.27. The molecule has 0 spiro atoms. The topological polar surface area (TPSA) is 57.8 Å². The van der Waals surface area contributed by atoms with Crippen molar-refractivity contribution in [1.82, 2.24) is 15.5 Å². The number of aromatic nitrogens is 2. The predicted octanol–water partition coefficient (Wildman–Crippen LogP) is 0.500. The molecule has 70 valence electrons. The molecule has 2 rings (SSSR count). The first kappa shape index (κ1) is 8.72. The highest BCUT2D eigenvalue weighted by atomic mass is 35.5. The average molecular weight is 200 g/mol. The van der Waals surface area contributed by atoms with Crippen molar-refractivity contribution in [2.45, 2.75) is 12.3 Å². The highest BCUT2D eigenvalue weighted by molar-refractivity contribution is 6.30. The largest absolute Gasteiger partial charge is 0.316 e. The summed E-state index contributed by atoms with van der Waals surface area (Å²) in [5.41, 5.74) is 0.547. The number of rotatable bonds is 1. The maximum Gasteiger partial charge on any atom is 0.282 e. The molecule has 1 aromatic rings. The van der Waals surface area contributed by atoms with E-state index in [0.29, 0.717) is 5.92 Å². The number of halogens is 1. The molecular formula is C8H10ClN3O. The molecule has 1 aliphatic rings. The lowest BCUT2D eigenvalue weighted by Crippen LogP contribution is -2.14. The zero-order valence-electron chi connectivity index (χ0n) is 7.01. The van der Waals surface area contributed by atoms with Gasteiger partial charge in [0.15, 0.2) is 0 Å². The van der Waals surface area contributed by atoms with Gasteiger partial charge in [-0.3, -0.25) is 4.79 Å². The molecule has 5 heteroatoms. The molecule has 0 aliphatic carbocycles. The zero-order chi connectivity index (χ0) is 9.26. The Morgan fingerprint density at radius 2 is 2.46 bits per heavy atom. The van der Waals surface area contributed by atoms with Gasteiger partial charge < -0.3 is 5.32 Å². The van der Waals surface area contributed by atoms with Gasteiger partial charge in [0.25, 0.3) is 5.56 Å². The minimum Gasteiger partial charge on any atom is -0.316 e. The number of hydrogen-bond donors (Lipinski definition) is 2. The molecule has 0 radical (unpaired) electrons. The maximum atomic E-state index is 10.9. The van der Waals surface area contributed by atoms with E-state index in [1.54, 1.807) is 6.07 Å². The smallest absolute Gasteiger partial charge is 0.282 e. The van der Waals surface area contributed by atoms with Crippen LogP contribution in [0.25, 0.3) is 0 Å². The summed E-state index contributed by atoms with van der Waals surface area (Å²) < 4.78 is 0. The molecule has 1 atom stereocenters. The second-order valence-corrected chi connectivity index (χ2v) is 3.57. The summed E-state index contributed by atoms with van der Waals surface area (Å²) in [6, 6.07) is 1.65. The van der Waals surface area contributed by atoms with Crippen molar-refractivity contribution in [3.8, 4) is 0 Å². The Morgan fingerprint density at radius 3 is 3.08 bits per heavy atom. The number of aromatic amines is 1. The highest BCUT2D eigenvalue weighted by Gasteiger charge is 2.18. The highest BCUT2D eigenvalue weighted by Crippen LogP contribution is 2.20. The van der Waals surface area contributed by atoms with Gasteiger partial charge in [-0.1, -0.05) is 11.6 Å². The van der Waals surface area contributed by atoms with Gasteiger partial charge in [-0.2, -0.15) is 5.10 Å². The molecule has 1 saturated heterocycles. The van der Waals surface area contributed by atoms with E-state index >= 15 is 0 Å². The number of H-pyrrole nitrogens is 1. The number of nitrogens with one attached hydrogen (secondary N) is 2. The van der Waals surface area contributed by atoms with Crippen LogP contribution in [0.5, 0.6) is 0 Å². The van der Waals surface area contributed by atoms with E-state index in [2.05, 4.69) is 15.5 Å². The Kier molecular flexibility index (Phi) is 2.33. The van der Waals surface area contributed by atoms with Gasteiger partial charge in [0.05, 0.1) is 5.69 Å². The third kappa shape index (κ3) is 1.73. The van der Waals surface area contributed by atoms with Crippen molar-refractivity contribution in [2.24, 2.45) is 0 Å². The Hall–Kier alpha value is -0.870. The lowest BCUT2D eigenvalue weighted by Gasteiger charge is -2.05. The third-order valence-electron chi connectivity index (χ3n) is 2.26. The molecular weight excluding hydrogens is 190 g/mol. The first-order valence-corrected chi connectivity index (χ1v) is 4.61. The van der Waals surface area contributed by atoms with Crippen LogP contribution in [0, 0.1) is 0 Å². The zero-order valence-corrected chi connectivity index (χ0v) is 7.77. The summed E-state index contributed by atoms with van der Waals surface area (Å²) in [6.07, 6.45) is 1.05. The van der Waals surface area contributed by atoms with Crippen molar-refractivity contribution in [2.75, 3.05) is 13.1 Å². The van der Waals surface area contributed by atoms with E-state index in [1.807, 2.05) is 0 Å². The minimum atomic E-state index is -0.323. The summed E-state index contributed by atoms with van der Waals surface area (Å²) >= 11 is 5.69. The molecule has 1 fully saturated rings. The van der Waals surface area contributed by atoms with Gasteiger partial charge in [-0.15, -0.1) is 0 Å². The van der Waals surface area contributed by atoms with Gasteiger partial charge in [-0.25, -0.2) is 5.10 Å². The molecule has 0 aromatic carbocycles. The van der Waals surface area contributed by atoms with Crippen molar-refractivity contribution in [1.29, 1.82) is 0 Å². The van der Waals surface area contributed by atoms with Crippen LogP contribution in [0.15, 0.2) is 10.9 Å². The van der Waals surface area contributed by atoms with Gasteiger partial charge >= 0.3 is 0 Å². The third-order valence-corrected chi connectivity index (χ3v) is 2.54. The van der Waals surface area contributed by atoms with E-state index < -0.39 is 0 Å². The SMILES string of the molecule is O=c1[nH]nc(C2CCNC2)cc1Cl. The van der Waals surface area contributed by atoms with Gasteiger partial charge in [-0.05, 0) is 19.0 Å². The quantitative estimate of drug-likeness (QED) is 0.693. The summed E-state index contributed by atoms with van der Waals surface area (Å²) in [4.78, 5) is 10.9. The van der Waals surface area contributed by atoms with Crippen molar-refractivity contribution in [3.63, 3.8) is 0 Å². The molecule has 0 bridgehead atoms. The fourth-order valence-electron chi connectivity index (χ4n) is 1.51. The van der Waals surface area contributed by atoms with Crippen LogP contribution < -0.4 is 10.9 Å². The summed E-state index contributed by atoms with van der Waals surface area (Å²) in [5, 5.41) is 9.79. The van der Waals surface area contributed by atoms with E-state index in [-0.39, 0.29) is 10.6 Å². The van der Waals surface area contributed by atoms with E-state index in [9.17, 15) is 4.79 Å².